The van der Waals surface area contributed by atoms with Crippen molar-refractivity contribution in [3.8, 4) is 6.07 Å². The Balaban J connectivity index is 1.91. The molecule has 0 unspecified atom stereocenters. The van der Waals surface area contributed by atoms with Crippen LogP contribution in [0.15, 0.2) is 18.0 Å². The van der Waals surface area contributed by atoms with Crippen LogP contribution in [0.25, 0.3) is 6.08 Å². The molecule has 2 aromatic rings. The van der Waals surface area contributed by atoms with Gasteiger partial charge in [-0.3, -0.25) is 9.48 Å². The first-order chi connectivity index (χ1) is 13.0. The van der Waals surface area contributed by atoms with Crippen molar-refractivity contribution in [1.82, 2.24) is 9.78 Å². The summed E-state index contributed by atoms with van der Waals surface area (Å²) < 4.78 is 6.77. The molecule has 0 aromatic carbocycles. The lowest BCUT2D eigenvalue weighted by molar-refractivity contribution is -0.112. The smallest absolute Gasteiger partial charge is 0.341 e. The molecule has 0 radical (unpaired) electrons. The minimum absolute atomic E-state index is 0.0517. The standard InChI is InChI=1S/C19H20N4O3S/c1-3-26-19(25)16-14-6-4-5-7-15(14)27-18(16)22-17(24)13(9-20)8-12-10-21-23(2)11-12/h8,10-11H,3-7H2,1-2H3,(H,22,24)/b13-8+. The molecular formula is C19H20N4O3S. The van der Waals surface area contributed by atoms with Crippen LogP contribution in [0.1, 0.15) is 46.1 Å². The predicted molar refractivity (Wildman–Crippen MR) is 102 cm³/mol. The molecule has 0 atom stereocenters. The number of hydrogen-bond acceptors (Lipinski definition) is 6. The van der Waals surface area contributed by atoms with Crippen molar-refractivity contribution in [3.63, 3.8) is 0 Å². The number of fused-ring (bicyclic) bond motifs is 1. The van der Waals surface area contributed by atoms with Gasteiger partial charge in [0.2, 0.25) is 0 Å². The number of esters is 1. The number of thiophene rings is 1. The molecule has 140 valence electrons. The highest BCUT2D eigenvalue weighted by Crippen LogP contribution is 2.38. The number of ether oxygens (including phenoxy) is 1. The topological polar surface area (TPSA) is 97.0 Å². The van der Waals surface area contributed by atoms with Crippen LogP contribution in [0, 0.1) is 11.3 Å². The number of carbonyl (C=O) groups is 2. The summed E-state index contributed by atoms with van der Waals surface area (Å²) in [5.74, 6) is -0.979. The first kappa shape index (κ1) is 18.9. The molecule has 0 bridgehead atoms. The maximum Gasteiger partial charge on any atom is 0.341 e. The van der Waals surface area contributed by atoms with E-state index in [-0.39, 0.29) is 12.2 Å². The Morgan fingerprint density at radius 1 is 1.44 bits per heavy atom. The second-order valence-corrected chi connectivity index (χ2v) is 7.31. The molecule has 8 heteroatoms. The quantitative estimate of drug-likeness (QED) is 0.485. The van der Waals surface area contributed by atoms with Crippen LogP contribution >= 0.6 is 11.3 Å². The molecule has 0 fully saturated rings. The number of aromatic nitrogens is 2. The highest BCUT2D eigenvalue weighted by Gasteiger charge is 2.27. The summed E-state index contributed by atoms with van der Waals surface area (Å²) >= 11 is 1.40. The van der Waals surface area contributed by atoms with E-state index in [4.69, 9.17) is 4.74 Å². The fourth-order valence-electron chi connectivity index (χ4n) is 3.07. The van der Waals surface area contributed by atoms with Gasteiger partial charge in [-0.2, -0.15) is 10.4 Å². The number of rotatable bonds is 5. The number of nitrogens with zero attached hydrogens (tertiary/aromatic N) is 3. The first-order valence-electron chi connectivity index (χ1n) is 8.77. The molecule has 3 rings (SSSR count). The second-order valence-electron chi connectivity index (χ2n) is 6.21. The van der Waals surface area contributed by atoms with Gasteiger partial charge < -0.3 is 10.1 Å². The van der Waals surface area contributed by atoms with Crippen molar-refractivity contribution in [1.29, 1.82) is 5.26 Å². The lowest BCUT2D eigenvalue weighted by Crippen LogP contribution is -2.16. The molecule has 0 spiro atoms. The van der Waals surface area contributed by atoms with E-state index >= 15 is 0 Å². The van der Waals surface area contributed by atoms with Gasteiger partial charge in [0.25, 0.3) is 5.91 Å². The lowest BCUT2D eigenvalue weighted by Gasteiger charge is -2.12. The molecule has 2 heterocycles. The molecule has 0 saturated heterocycles. The van der Waals surface area contributed by atoms with Gasteiger partial charge in [-0.05, 0) is 44.2 Å². The number of amides is 1. The van der Waals surface area contributed by atoms with Gasteiger partial charge in [-0.1, -0.05) is 0 Å². The van der Waals surface area contributed by atoms with E-state index in [1.54, 1.807) is 31.0 Å². The summed E-state index contributed by atoms with van der Waals surface area (Å²) in [6.45, 7) is 2.01. The van der Waals surface area contributed by atoms with Crippen molar-refractivity contribution in [3.05, 3.63) is 39.5 Å². The number of anilines is 1. The van der Waals surface area contributed by atoms with Crippen molar-refractivity contribution < 1.29 is 14.3 Å². The SMILES string of the molecule is CCOC(=O)c1c(NC(=O)/C(C#N)=C/c2cnn(C)c2)sc2c1CCCC2. The Kier molecular flexibility index (Phi) is 5.72. The summed E-state index contributed by atoms with van der Waals surface area (Å²) in [5.41, 5.74) is 2.00. The summed E-state index contributed by atoms with van der Waals surface area (Å²) in [4.78, 5) is 26.2. The van der Waals surface area contributed by atoms with Gasteiger partial charge in [0, 0.05) is 23.7 Å². The molecular weight excluding hydrogens is 364 g/mol. The van der Waals surface area contributed by atoms with Crippen LogP contribution in [0.4, 0.5) is 5.00 Å². The minimum Gasteiger partial charge on any atom is -0.462 e. The Morgan fingerprint density at radius 3 is 2.89 bits per heavy atom. The largest absolute Gasteiger partial charge is 0.462 e. The molecule has 1 N–H and O–H groups in total. The molecule has 1 amide bonds. The molecule has 1 aliphatic rings. The van der Waals surface area contributed by atoms with Crippen LogP contribution < -0.4 is 5.32 Å². The van der Waals surface area contributed by atoms with Crippen LogP contribution in [-0.4, -0.2) is 28.3 Å². The summed E-state index contributed by atoms with van der Waals surface area (Å²) in [6.07, 6.45) is 8.50. The van der Waals surface area contributed by atoms with E-state index < -0.39 is 11.9 Å². The van der Waals surface area contributed by atoms with Gasteiger partial charge in [-0.15, -0.1) is 11.3 Å². The zero-order valence-corrected chi connectivity index (χ0v) is 16.1. The lowest BCUT2D eigenvalue weighted by atomic mass is 9.95. The molecule has 2 aromatic heterocycles. The Labute approximate surface area is 161 Å². The minimum atomic E-state index is -0.550. The van der Waals surface area contributed by atoms with Crippen molar-refractivity contribution in [2.75, 3.05) is 11.9 Å². The van der Waals surface area contributed by atoms with Gasteiger partial charge in [0.15, 0.2) is 0 Å². The van der Waals surface area contributed by atoms with Gasteiger partial charge in [0.05, 0.1) is 18.4 Å². The zero-order valence-electron chi connectivity index (χ0n) is 15.2. The van der Waals surface area contributed by atoms with E-state index in [9.17, 15) is 14.9 Å². The van der Waals surface area contributed by atoms with Crippen LogP contribution in [0.5, 0.6) is 0 Å². The highest BCUT2D eigenvalue weighted by molar-refractivity contribution is 7.17. The fraction of sp³-hybridized carbons (Fsp3) is 0.368. The second kappa shape index (κ2) is 8.18. The molecule has 7 nitrogen and oxygen atoms in total. The fourth-order valence-corrected chi connectivity index (χ4v) is 4.35. The number of hydrogen-bond donors (Lipinski definition) is 1. The number of aryl methyl sites for hydroxylation is 2. The normalized spacial score (nSPS) is 13.6. The van der Waals surface area contributed by atoms with Crippen molar-refractivity contribution >= 4 is 34.3 Å². The monoisotopic (exact) mass is 384 g/mol. The van der Waals surface area contributed by atoms with Crippen molar-refractivity contribution in [2.45, 2.75) is 32.6 Å². The Morgan fingerprint density at radius 2 is 2.22 bits per heavy atom. The number of nitrogens with one attached hydrogen (secondary N) is 1. The van der Waals surface area contributed by atoms with Crippen LogP contribution in [0.2, 0.25) is 0 Å². The third kappa shape index (κ3) is 4.09. The van der Waals surface area contributed by atoms with E-state index in [2.05, 4.69) is 10.4 Å². The maximum atomic E-state index is 12.6. The van der Waals surface area contributed by atoms with E-state index in [0.717, 1.165) is 36.1 Å². The van der Waals surface area contributed by atoms with Crippen LogP contribution in [-0.2, 0) is 29.4 Å². The third-order valence-corrected chi connectivity index (χ3v) is 5.49. The van der Waals surface area contributed by atoms with E-state index in [1.807, 2.05) is 6.07 Å². The molecule has 1 aliphatic carbocycles. The van der Waals surface area contributed by atoms with Gasteiger partial charge in [0.1, 0.15) is 16.6 Å². The predicted octanol–water partition coefficient (Wildman–Crippen LogP) is 3.08. The number of nitriles is 1. The van der Waals surface area contributed by atoms with Gasteiger partial charge >= 0.3 is 5.97 Å². The summed E-state index contributed by atoms with van der Waals surface area (Å²) in [5, 5.41) is 16.6. The van der Waals surface area contributed by atoms with E-state index in [1.165, 1.54) is 17.4 Å². The van der Waals surface area contributed by atoms with Crippen LogP contribution in [0.3, 0.4) is 0 Å². The maximum absolute atomic E-state index is 12.6. The zero-order chi connectivity index (χ0) is 19.4. The van der Waals surface area contributed by atoms with E-state index in [0.29, 0.717) is 16.1 Å². The highest BCUT2D eigenvalue weighted by atomic mass is 32.1. The first-order valence-corrected chi connectivity index (χ1v) is 9.58. The summed E-state index contributed by atoms with van der Waals surface area (Å²) in [7, 11) is 1.76. The number of carbonyl (C=O) groups excluding carboxylic acids is 2. The Hall–Kier alpha value is -2.92. The molecule has 27 heavy (non-hydrogen) atoms. The Bertz CT molecular complexity index is 949. The average Bonchev–Trinajstić information content (AvgIpc) is 3.22. The molecule has 0 aliphatic heterocycles. The molecule has 0 saturated carbocycles. The third-order valence-electron chi connectivity index (χ3n) is 4.28. The van der Waals surface area contributed by atoms with Crippen molar-refractivity contribution in [2.24, 2.45) is 7.05 Å². The average molecular weight is 384 g/mol. The summed E-state index contributed by atoms with van der Waals surface area (Å²) in [6, 6.07) is 1.92. The van der Waals surface area contributed by atoms with Gasteiger partial charge in [-0.25, -0.2) is 4.79 Å².